The number of rotatable bonds is 5. The van der Waals surface area contributed by atoms with Gasteiger partial charge in [-0.3, -0.25) is 9.78 Å². The summed E-state index contributed by atoms with van der Waals surface area (Å²) in [7, 11) is 1.43. The first-order chi connectivity index (χ1) is 16.9. The monoisotopic (exact) mass is 476 g/mol. The van der Waals surface area contributed by atoms with Crippen LogP contribution in [0.15, 0.2) is 42.5 Å². The van der Waals surface area contributed by atoms with Gasteiger partial charge in [-0.15, -0.1) is 0 Å². The highest BCUT2D eigenvalue weighted by Gasteiger charge is 2.29. The highest BCUT2D eigenvalue weighted by Crippen LogP contribution is 2.35. The Kier molecular flexibility index (Phi) is 5.76. The molecule has 35 heavy (non-hydrogen) atoms. The van der Waals surface area contributed by atoms with E-state index in [1.807, 2.05) is 24.3 Å². The number of hydrogen-bond donors (Lipinski definition) is 3. The molecule has 0 bridgehead atoms. The fourth-order valence-electron chi connectivity index (χ4n) is 4.86. The van der Waals surface area contributed by atoms with Crippen molar-refractivity contribution in [3.05, 3.63) is 70.8 Å². The molecular weight excluding hydrogens is 451 g/mol. The van der Waals surface area contributed by atoms with Gasteiger partial charge in [0.1, 0.15) is 6.04 Å². The fraction of sp³-hybridized carbons (Fsp3) is 0.269. The summed E-state index contributed by atoms with van der Waals surface area (Å²) < 4.78 is 19.4. The molecule has 2 amide bonds. The molecule has 0 radical (unpaired) electrons. The van der Waals surface area contributed by atoms with E-state index in [4.69, 9.17) is 14.8 Å². The number of H-pyrrole nitrogens is 1. The third-order valence-corrected chi connectivity index (χ3v) is 6.50. The van der Waals surface area contributed by atoms with Gasteiger partial charge >= 0.3 is 6.09 Å². The molecule has 0 aliphatic carbocycles. The van der Waals surface area contributed by atoms with E-state index in [1.165, 1.54) is 20.1 Å². The molecule has 8 nitrogen and oxygen atoms in total. The van der Waals surface area contributed by atoms with Crippen LogP contribution in [0.2, 0.25) is 0 Å². The number of aromatic nitrogens is 2. The van der Waals surface area contributed by atoms with Crippen LogP contribution >= 0.6 is 0 Å². The van der Waals surface area contributed by atoms with Gasteiger partial charge in [0.2, 0.25) is 5.91 Å². The number of carboxylic acid groups (broad SMARTS) is 1. The average molecular weight is 477 g/mol. The molecule has 3 heterocycles. The molecule has 5 rings (SSSR count). The van der Waals surface area contributed by atoms with Crippen molar-refractivity contribution in [2.24, 2.45) is 0 Å². The summed E-state index contributed by atoms with van der Waals surface area (Å²) in [5.74, 6) is -0.550. The zero-order valence-corrected chi connectivity index (χ0v) is 19.4. The van der Waals surface area contributed by atoms with Crippen molar-refractivity contribution >= 4 is 33.8 Å². The molecule has 1 aliphatic rings. The number of hydrogen-bond acceptors (Lipinski definition) is 4. The number of para-hydroxylation sites is 1. The maximum atomic E-state index is 14.4. The molecule has 3 N–H and O–H groups in total. The van der Waals surface area contributed by atoms with Gasteiger partial charge in [0.15, 0.2) is 11.6 Å². The van der Waals surface area contributed by atoms with Crippen molar-refractivity contribution < 1.29 is 23.8 Å². The molecule has 0 saturated heterocycles. The molecule has 0 spiro atoms. The number of pyridine rings is 1. The van der Waals surface area contributed by atoms with Gasteiger partial charge in [-0.2, -0.15) is 0 Å². The predicted octanol–water partition coefficient (Wildman–Crippen LogP) is 4.00. The quantitative estimate of drug-likeness (QED) is 0.404. The smallest absolute Gasteiger partial charge is 0.405 e. The minimum atomic E-state index is -1.24. The van der Waals surface area contributed by atoms with Crippen molar-refractivity contribution in [2.45, 2.75) is 32.4 Å². The van der Waals surface area contributed by atoms with Crippen molar-refractivity contribution in [1.29, 1.82) is 0 Å². The Morgan fingerprint density at radius 2 is 2.09 bits per heavy atom. The van der Waals surface area contributed by atoms with Crippen LogP contribution in [0.1, 0.15) is 29.4 Å². The first-order valence-electron chi connectivity index (χ1n) is 11.4. The van der Waals surface area contributed by atoms with E-state index >= 15 is 0 Å². The van der Waals surface area contributed by atoms with Crippen LogP contribution in [-0.2, 0) is 24.2 Å². The Morgan fingerprint density at radius 1 is 1.29 bits per heavy atom. The zero-order valence-electron chi connectivity index (χ0n) is 19.4. The highest BCUT2D eigenvalue weighted by atomic mass is 19.1. The lowest BCUT2D eigenvalue weighted by molar-refractivity contribution is -0.133. The number of benzene rings is 2. The molecular formula is C26H25FN4O4. The fourth-order valence-corrected chi connectivity index (χ4v) is 4.86. The minimum Gasteiger partial charge on any atom is -0.494 e. The molecule has 1 atom stereocenters. The third kappa shape index (κ3) is 4.14. The molecule has 1 aliphatic heterocycles. The predicted molar refractivity (Wildman–Crippen MR) is 129 cm³/mol. The summed E-state index contributed by atoms with van der Waals surface area (Å²) in [4.78, 5) is 33.9. The first-order valence-corrected chi connectivity index (χ1v) is 11.4. The lowest BCUT2D eigenvalue weighted by Gasteiger charge is -2.31. The molecule has 4 aromatic rings. The maximum absolute atomic E-state index is 14.4. The highest BCUT2D eigenvalue weighted by molar-refractivity contribution is 6.10. The van der Waals surface area contributed by atoms with Gasteiger partial charge in [0.05, 0.1) is 30.6 Å². The summed E-state index contributed by atoms with van der Waals surface area (Å²) in [6.07, 6.45) is -0.248. The van der Waals surface area contributed by atoms with Crippen LogP contribution in [0, 0.1) is 5.82 Å². The summed E-state index contributed by atoms with van der Waals surface area (Å²) in [6, 6.07) is 12.0. The lowest BCUT2D eigenvalue weighted by Crippen LogP contribution is -2.48. The van der Waals surface area contributed by atoms with E-state index in [9.17, 15) is 14.0 Å². The molecule has 2 aromatic carbocycles. The molecule has 2 aromatic heterocycles. The van der Waals surface area contributed by atoms with E-state index in [1.54, 1.807) is 11.0 Å². The topological polar surface area (TPSA) is 108 Å². The Hall–Kier alpha value is -4.14. The van der Waals surface area contributed by atoms with E-state index in [0.717, 1.165) is 44.3 Å². The van der Waals surface area contributed by atoms with Crippen molar-refractivity contribution in [1.82, 2.24) is 20.2 Å². The molecule has 180 valence electrons. The number of aromatic amines is 1. The number of amides is 2. The van der Waals surface area contributed by atoms with Gasteiger partial charge in [0.25, 0.3) is 0 Å². The molecule has 0 saturated carbocycles. The second-order valence-electron chi connectivity index (χ2n) is 8.73. The Bertz CT molecular complexity index is 1470. The van der Waals surface area contributed by atoms with E-state index in [0.29, 0.717) is 19.4 Å². The first kappa shape index (κ1) is 22.6. The normalized spacial score (nSPS) is 14.1. The van der Waals surface area contributed by atoms with Crippen molar-refractivity contribution in [2.75, 3.05) is 13.7 Å². The number of nitrogens with one attached hydrogen (secondary N) is 2. The van der Waals surface area contributed by atoms with E-state index in [2.05, 4.69) is 16.4 Å². The van der Waals surface area contributed by atoms with E-state index < -0.39 is 18.0 Å². The number of ether oxygens (including phenoxy) is 1. The van der Waals surface area contributed by atoms with Gasteiger partial charge in [-0.05, 0) is 42.7 Å². The van der Waals surface area contributed by atoms with Crippen molar-refractivity contribution in [3.63, 3.8) is 0 Å². The van der Waals surface area contributed by atoms with Crippen LogP contribution < -0.4 is 10.1 Å². The maximum Gasteiger partial charge on any atom is 0.405 e. The second kappa shape index (κ2) is 8.90. The van der Waals surface area contributed by atoms with Crippen LogP contribution in [0.25, 0.3) is 21.8 Å². The summed E-state index contributed by atoms with van der Waals surface area (Å²) in [5.41, 5.74) is 5.24. The van der Waals surface area contributed by atoms with Crippen LogP contribution in [0.4, 0.5) is 9.18 Å². The zero-order chi connectivity index (χ0) is 24.7. The van der Waals surface area contributed by atoms with E-state index in [-0.39, 0.29) is 18.2 Å². The lowest BCUT2D eigenvalue weighted by atomic mass is 9.96. The summed E-state index contributed by atoms with van der Waals surface area (Å²) in [6.45, 7) is 2.28. The van der Waals surface area contributed by atoms with Crippen LogP contribution in [-0.4, -0.2) is 51.7 Å². The second-order valence-corrected chi connectivity index (χ2v) is 8.73. The Labute approximate surface area is 200 Å². The molecule has 1 unspecified atom stereocenters. The van der Waals surface area contributed by atoms with Crippen LogP contribution in [0.3, 0.4) is 0 Å². The van der Waals surface area contributed by atoms with Gasteiger partial charge in [-0.25, -0.2) is 9.18 Å². The Morgan fingerprint density at radius 3 is 2.83 bits per heavy atom. The number of fused-ring (bicyclic) bond motifs is 5. The van der Waals surface area contributed by atoms with Gasteiger partial charge < -0.3 is 25.0 Å². The average Bonchev–Trinajstić information content (AvgIpc) is 3.23. The molecule has 0 fully saturated rings. The van der Waals surface area contributed by atoms with Gasteiger partial charge in [-0.1, -0.05) is 24.3 Å². The summed E-state index contributed by atoms with van der Waals surface area (Å²) in [5, 5.41) is 13.3. The minimum absolute atomic E-state index is 0.182. The number of carbonyl (C=O) groups excluding carboxylic acids is 1. The third-order valence-electron chi connectivity index (χ3n) is 6.50. The largest absolute Gasteiger partial charge is 0.494 e. The summed E-state index contributed by atoms with van der Waals surface area (Å²) >= 11 is 0. The number of methoxy groups -OCH3 is 1. The van der Waals surface area contributed by atoms with Crippen LogP contribution in [0.5, 0.6) is 5.75 Å². The number of carbonyl (C=O) groups is 2. The SMILES string of the molecule is COc1ccc(Cc2nc3c(c4c2[nH]c2ccccc24)CCN(C(=O)C(C)NC(=O)O)C3)cc1F. The van der Waals surface area contributed by atoms with Crippen molar-refractivity contribution in [3.8, 4) is 5.75 Å². The molecule has 9 heteroatoms. The standard InChI is InChI=1S/C26H25FN4O4/c1-14(28-26(33)34)25(32)31-10-9-17-21(13-31)29-20(12-15-7-8-22(35-2)18(27)11-15)24-23(17)16-5-3-4-6-19(16)30-24/h3-8,11,14,28,30H,9-10,12-13H2,1-2H3,(H,33,34). The number of nitrogens with zero attached hydrogens (tertiary/aromatic N) is 2. The number of halogens is 1. The van der Waals surface area contributed by atoms with Gasteiger partial charge in [0, 0.05) is 29.3 Å². The Balaban J connectivity index is 1.59.